The molecule has 0 saturated carbocycles. The van der Waals surface area contributed by atoms with Crippen LogP contribution in [0.3, 0.4) is 0 Å². The maximum absolute atomic E-state index is 12.1. The van der Waals surface area contributed by atoms with Crippen molar-refractivity contribution in [1.82, 2.24) is 5.43 Å². The molecule has 1 amide bonds. The van der Waals surface area contributed by atoms with E-state index < -0.39 is 0 Å². The molecule has 0 unspecified atom stereocenters. The van der Waals surface area contributed by atoms with E-state index in [1.54, 1.807) is 6.07 Å². The van der Waals surface area contributed by atoms with Crippen LogP contribution in [0.5, 0.6) is 0 Å². The van der Waals surface area contributed by atoms with Crippen molar-refractivity contribution in [2.45, 2.75) is 32.6 Å². The largest absolute Gasteiger partial charge is 0.455 e. The van der Waals surface area contributed by atoms with Gasteiger partial charge in [-0.05, 0) is 40.8 Å². The molecule has 1 N–H and O–H groups in total. The van der Waals surface area contributed by atoms with Crippen LogP contribution in [0.2, 0.25) is 5.02 Å². The maximum Gasteiger partial charge on any atom is 0.244 e. The van der Waals surface area contributed by atoms with Gasteiger partial charge in [-0.3, -0.25) is 4.79 Å². The van der Waals surface area contributed by atoms with E-state index in [2.05, 4.69) is 43.4 Å². The van der Waals surface area contributed by atoms with Crippen LogP contribution in [-0.2, 0) is 16.6 Å². The fourth-order valence-corrected chi connectivity index (χ4v) is 2.92. The quantitative estimate of drug-likeness (QED) is 0.453. The summed E-state index contributed by atoms with van der Waals surface area (Å²) in [6.45, 7) is 6.49. The summed E-state index contributed by atoms with van der Waals surface area (Å²) in [5, 5.41) is 4.62. The van der Waals surface area contributed by atoms with Gasteiger partial charge in [-0.1, -0.05) is 68.8 Å². The van der Waals surface area contributed by atoms with E-state index in [0.29, 0.717) is 16.5 Å². The summed E-state index contributed by atoms with van der Waals surface area (Å²) in [6.07, 6.45) is 1.75. The molecule has 1 heterocycles. The highest BCUT2D eigenvalue weighted by Crippen LogP contribution is 2.24. The van der Waals surface area contributed by atoms with Gasteiger partial charge in [0.15, 0.2) is 0 Å². The molecular weight excluding hydrogens is 372 g/mol. The Labute approximate surface area is 170 Å². The molecule has 28 heavy (non-hydrogen) atoms. The zero-order valence-corrected chi connectivity index (χ0v) is 17.0. The normalized spacial score (nSPS) is 11.7. The minimum atomic E-state index is -0.179. The lowest BCUT2D eigenvalue weighted by molar-refractivity contribution is -0.120. The molecule has 3 aromatic rings. The maximum atomic E-state index is 12.1. The standard InChI is InChI=1S/C23H23ClN2O2/c1-23(2,3)18-9-7-16(8-10-18)13-22(27)26-25-15-20-11-12-21(28-20)17-5-4-6-19(24)14-17/h4-12,14-15H,13H2,1-3H3,(H,26,27)/b25-15-. The lowest BCUT2D eigenvalue weighted by Gasteiger charge is -2.19. The fraction of sp³-hybridized carbons (Fsp3) is 0.217. The number of hydrogen-bond donors (Lipinski definition) is 1. The van der Waals surface area contributed by atoms with Crippen molar-refractivity contribution in [2.75, 3.05) is 0 Å². The van der Waals surface area contributed by atoms with Crippen LogP contribution in [0.4, 0.5) is 0 Å². The second-order valence-electron chi connectivity index (χ2n) is 7.63. The molecule has 0 atom stereocenters. The van der Waals surface area contributed by atoms with Crippen molar-refractivity contribution in [3.05, 3.63) is 82.6 Å². The predicted octanol–water partition coefficient (Wildman–Crippen LogP) is 5.59. The molecular formula is C23H23ClN2O2. The first-order valence-corrected chi connectivity index (χ1v) is 9.46. The van der Waals surface area contributed by atoms with Gasteiger partial charge >= 0.3 is 0 Å². The van der Waals surface area contributed by atoms with Gasteiger partial charge in [0.1, 0.15) is 11.5 Å². The van der Waals surface area contributed by atoms with Gasteiger partial charge in [-0.25, -0.2) is 5.43 Å². The number of carbonyl (C=O) groups is 1. The topological polar surface area (TPSA) is 54.6 Å². The van der Waals surface area contributed by atoms with E-state index in [9.17, 15) is 4.79 Å². The molecule has 144 valence electrons. The predicted molar refractivity (Wildman–Crippen MR) is 114 cm³/mol. The van der Waals surface area contributed by atoms with Crippen LogP contribution >= 0.6 is 11.6 Å². The summed E-state index contributed by atoms with van der Waals surface area (Å²) in [4.78, 5) is 12.1. The van der Waals surface area contributed by atoms with Crippen molar-refractivity contribution < 1.29 is 9.21 Å². The van der Waals surface area contributed by atoms with Crippen molar-refractivity contribution in [3.63, 3.8) is 0 Å². The van der Waals surface area contributed by atoms with E-state index in [1.807, 2.05) is 42.5 Å². The van der Waals surface area contributed by atoms with E-state index in [1.165, 1.54) is 11.8 Å². The second kappa shape index (κ2) is 8.44. The molecule has 0 bridgehead atoms. The van der Waals surface area contributed by atoms with Crippen LogP contribution in [-0.4, -0.2) is 12.1 Å². The second-order valence-corrected chi connectivity index (χ2v) is 8.07. The van der Waals surface area contributed by atoms with Crippen molar-refractivity contribution in [2.24, 2.45) is 5.10 Å². The van der Waals surface area contributed by atoms with E-state index in [0.717, 1.165) is 11.1 Å². The molecule has 2 aromatic carbocycles. The van der Waals surface area contributed by atoms with Crippen molar-refractivity contribution in [3.8, 4) is 11.3 Å². The van der Waals surface area contributed by atoms with Crippen molar-refractivity contribution >= 4 is 23.7 Å². The lowest BCUT2D eigenvalue weighted by Crippen LogP contribution is -2.20. The Morgan fingerprint density at radius 2 is 1.86 bits per heavy atom. The number of nitrogens with zero attached hydrogens (tertiary/aromatic N) is 1. The average Bonchev–Trinajstić information content (AvgIpc) is 3.10. The summed E-state index contributed by atoms with van der Waals surface area (Å²) >= 11 is 6.00. The van der Waals surface area contributed by atoms with Crippen LogP contribution in [0, 0.1) is 0 Å². The van der Waals surface area contributed by atoms with Crippen LogP contribution < -0.4 is 5.43 Å². The summed E-state index contributed by atoms with van der Waals surface area (Å²) in [5.74, 6) is 1.06. The molecule has 5 heteroatoms. The highest BCUT2D eigenvalue weighted by atomic mass is 35.5. The smallest absolute Gasteiger partial charge is 0.244 e. The van der Waals surface area contributed by atoms with Gasteiger partial charge in [0.2, 0.25) is 5.91 Å². The van der Waals surface area contributed by atoms with E-state index >= 15 is 0 Å². The highest BCUT2D eigenvalue weighted by Gasteiger charge is 2.13. The third kappa shape index (κ3) is 5.33. The first kappa shape index (κ1) is 19.9. The molecule has 3 rings (SSSR count). The Morgan fingerprint density at radius 3 is 2.54 bits per heavy atom. The number of benzene rings is 2. The molecule has 0 aliphatic rings. The van der Waals surface area contributed by atoms with Crippen LogP contribution in [0.1, 0.15) is 37.7 Å². The van der Waals surface area contributed by atoms with Crippen LogP contribution in [0.15, 0.2) is 70.2 Å². The molecule has 0 radical (unpaired) electrons. The first-order chi connectivity index (χ1) is 13.3. The van der Waals surface area contributed by atoms with Crippen LogP contribution in [0.25, 0.3) is 11.3 Å². The average molecular weight is 395 g/mol. The third-order valence-corrected chi connectivity index (χ3v) is 4.54. The Balaban J connectivity index is 1.55. The molecule has 0 fully saturated rings. The van der Waals surface area contributed by atoms with Gasteiger partial charge in [0.05, 0.1) is 12.6 Å². The zero-order chi connectivity index (χ0) is 20.1. The van der Waals surface area contributed by atoms with Gasteiger partial charge in [-0.15, -0.1) is 0 Å². The Hall–Kier alpha value is -2.85. The Kier molecular flexibility index (Phi) is 6.00. The number of furan rings is 1. The summed E-state index contributed by atoms with van der Waals surface area (Å²) in [6, 6.07) is 19.1. The third-order valence-electron chi connectivity index (χ3n) is 4.30. The molecule has 1 aromatic heterocycles. The minimum Gasteiger partial charge on any atom is -0.455 e. The Bertz CT molecular complexity index is 982. The monoisotopic (exact) mass is 394 g/mol. The van der Waals surface area contributed by atoms with Gasteiger partial charge < -0.3 is 4.42 Å². The summed E-state index contributed by atoms with van der Waals surface area (Å²) in [5.41, 5.74) is 5.70. The van der Waals surface area contributed by atoms with Crippen molar-refractivity contribution in [1.29, 1.82) is 0 Å². The molecule has 4 nitrogen and oxygen atoms in total. The molecule has 0 spiro atoms. The number of halogens is 1. The molecule has 0 aliphatic carbocycles. The summed E-state index contributed by atoms with van der Waals surface area (Å²) in [7, 11) is 0. The first-order valence-electron chi connectivity index (χ1n) is 9.08. The molecule has 0 saturated heterocycles. The minimum absolute atomic E-state index is 0.0953. The number of carbonyl (C=O) groups excluding carboxylic acids is 1. The van der Waals surface area contributed by atoms with E-state index in [-0.39, 0.29) is 17.7 Å². The zero-order valence-electron chi connectivity index (χ0n) is 16.2. The lowest BCUT2D eigenvalue weighted by atomic mass is 9.86. The Morgan fingerprint density at radius 1 is 1.11 bits per heavy atom. The number of amides is 1. The van der Waals surface area contributed by atoms with E-state index in [4.69, 9.17) is 16.0 Å². The number of nitrogens with one attached hydrogen (secondary N) is 1. The number of hydrazone groups is 1. The number of rotatable bonds is 5. The molecule has 0 aliphatic heterocycles. The SMILES string of the molecule is CC(C)(C)c1ccc(CC(=O)N/N=C\c2ccc(-c3cccc(Cl)c3)o2)cc1. The van der Waals surface area contributed by atoms with Gasteiger partial charge in [-0.2, -0.15) is 5.10 Å². The van der Waals surface area contributed by atoms with Gasteiger partial charge in [0.25, 0.3) is 0 Å². The fourth-order valence-electron chi connectivity index (χ4n) is 2.73. The highest BCUT2D eigenvalue weighted by molar-refractivity contribution is 6.30. The summed E-state index contributed by atoms with van der Waals surface area (Å²) < 4.78 is 5.71. The van der Waals surface area contributed by atoms with Gasteiger partial charge in [0, 0.05) is 10.6 Å². The number of hydrogen-bond acceptors (Lipinski definition) is 3.